The lowest BCUT2D eigenvalue weighted by Gasteiger charge is -2.25. The third kappa shape index (κ3) is 2.79. The Balaban J connectivity index is 1.51. The molecule has 3 rings (SSSR count). The second kappa shape index (κ2) is 5.45. The fourth-order valence-electron chi connectivity index (χ4n) is 2.49. The van der Waals surface area contributed by atoms with Crippen molar-refractivity contribution in [3.8, 4) is 5.75 Å². The number of ether oxygens (including phenoxy) is 1. The lowest BCUT2D eigenvalue weighted by Crippen LogP contribution is -2.31. The van der Waals surface area contributed by atoms with Gasteiger partial charge in [0.1, 0.15) is 5.75 Å². The number of aromatic amines is 1. The summed E-state index contributed by atoms with van der Waals surface area (Å²) in [7, 11) is 0. The molecule has 1 aromatic carbocycles. The first-order chi connectivity index (χ1) is 9.33. The highest BCUT2D eigenvalue weighted by Gasteiger charge is 2.18. The van der Waals surface area contributed by atoms with Crippen molar-refractivity contribution in [2.75, 3.05) is 13.2 Å². The first-order valence-corrected chi connectivity index (χ1v) is 6.73. The Morgan fingerprint density at radius 1 is 1.42 bits per heavy atom. The smallest absolute Gasteiger partial charge is 0.122 e. The molecule has 1 aliphatic heterocycles. The molecule has 19 heavy (non-hydrogen) atoms. The molecular weight excluding hydrogens is 238 g/mol. The minimum Gasteiger partial charge on any atom is -0.493 e. The van der Waals surface area contributed by atoms with E-state index in [9.17, 15) is 0 Å². The average Bonchev–Trinajstić information content (AvgIpc) is 2.84. The molecule has 0 unspecified atom stereocenters. The van der Waals surface area contributed by atoms with Gasteiger partial charge in [0.15, 0.2) is 0 Å². The number of nitrogens with zero attached hydrogens (tertiary/aromatic N) is 1. The number of para-hydroxylation sites is 1. The molecule has 1 aromatic heterocycles. The van der Waals surface area contributed by atoms with E-state index >= 15 is 0 Å². The second-order valence-corrected chi connectivity index (χ2v) is 5.14. The van der Waals surface area contributed by atoms with Crippen molar-refractivity contribution in [1.82, 2.24) is 15.5 Å². The van der Waals surface area contributed by atoms with Crippen molar-refractivity contribution >= 4 is 0 Å². The molecule has 0 amide bonds. The molecular formula is C15H19N3O. The Morgan fingerprint density at radius 3 is 3.16 bits per heavy atom. The first-order valence-electron chi connectivity index (χ1n) is 6.73. The standard InChI is InChI=1S/C15H19N3O/c1-11-14(9-17-18-11)8-16-7-12-6-13-4-2-3-5-15(13)19-10-12/h2-5,9,12,16H,6-8,10H2,1H3,(H,17,18)/t12-/m1/s1. The van der Waals surface area contributed by atoms with Gasteiger partial charge in [-0.3, -0.25) is 5.10 Å². The zero-order chi connectivity index (χ0) is 13.1. The highest BCUT2D eigenvalue weighted by atomic mass is 16.5. The Kier molecular flexibility index (Phi) is 3.51. The van der Waals surface area contributed by atoms with Crippen LogP contribution in [0.15, 0.2) is 30.5 Å². The predicted octanol–water partition coefficient (Wildman–Crippen LogP) is 2.06. The summed E-state index contributed by atoms with van der Waals surface area (Å²) < 4.78 is 5.79. The summed E-state index contributed by atoms with van der Waals surface area (Å²) >= 11 is 0. The second-order valence-electron chi connectivity index (χ2n) is 5.14. The summed E-state index contributed by atoms with van der Waals surface area (Å²) in [4.78, 5) is 0. The van der Waals surface area contributed by atoms with Gasteiger partial charge in [0.2, 0.25) is 0 Å². The monoisotopic (exact) mass is 257 g/mol. The zero-order valence-electron chi connectivity index (χ0n) is 11.1. The molecule has 0 bridgehead atoms. The van der Waals surface area contributed by atoms with Crippen LogP contribution in [0.5, 0.6) is 5.75 Å². The van der Waals surface area contributed by atoms with Gasteiger partial charge in [0, 0.05) is 30.3 Å². The summed E-state index contributed by atoms with van der Waals surface area (Å²) in [5.74, 6) is 1.59. The number of benzene rings is 1. The summed E-state index contributed by atoms with van der Waals surface area (Å²) in [5, 5.41) is 10.5. The number of H-pyrrole nitrogens is 1. The van der Waals surface area contributed by atoms with Crippen LogP contribution in [0.25, 0.3) is 0 Å². The molecule has 0 saturated carbocycles. The van der Waals surface area contributed by atoms with Crippen LogP contribution in [-0.4, -0.2) is 23.3 Å². The lowest BCUT2D eigenvalue weighted by molar-refractivity contribution is 0.218. The number of fused-ring (bicyclic) bond motifs is 1. The topological polar surface area (TPSA) is 49.9 Å². The largest absolute Gasteiger partial charge is 0.493 e. The van der Waals surface area contributed by atoms with E-state index in [1.807, 2.05) is 25.3 Å². The van der Waals surface area contributed by atoms with Crippen molar-refractivity contribution in [3.05, 3.63) is 47.3 Å². The summed E-state index contributed by atoms with van der Waals surface area (Å²) in [5.41, 5.74) is 3.69. The Labute approximate surface area is 113 Å². The molecule has 1 aliphatic rings. The number of hydrogen-bond donors (Lipinski definition) is 2. The van der Waals surface area contributed by atoms with Crippen molar-refractivity contribution in [2.45, 2.75) is 19.9 Å². The van der Waals surface area contributed by atoms with E-state index in [1.165, 1.54) is 11.1 Å². The molecule has 2 aromatic rings. The average molecular weight is 257 g/mol. The molecule has 2 N–H and O–H groups in total. The van der Waals surface area contributed by atoms with Gasteiger partial charge in [-0.1, -0.05) is 18.2 Å². The molecule has 4 nitrogen and oxygen atoms in total. The van der Waals surface area contributed by atoms with E-state index in [4.69, 9.17) is 4.74 Å². The first kappa shape index (κ1) is 12.2. The molecule has 0 fully saturated rings. The van der Waals surface area contributed by atoms with E-state index in [-0.39, 0.29) is 0 Å². The Hall–Kier alpha value is -1.81. The van der Waals surface area contributed by atoms with Gasteiger partial charge in [0.25, 0.3) is 0 Å². The number of aryl methyl sites for hydroxylation is 1. The fourth-order valence-corrected chi connectivity index (χ4v) is 2.49. The molecule has 0 aliphatic carbocycles. The van der Waals surface area contributed by atoms with Gasteiger partial charge in [-0.2, -0.15) is 5.10 Å². The van der Waals surface area contributed by atoms with Gasteiger partial charge >= 0.3 is 0 Å². The van der Waals surface area contributed by atoms with Crippen LogP contribution in [0.3, 0.4) is 0 Å². The lowest BCUT2D eigenvalue weighted by atomic mass is 9.97. The van der Waals surface area contributed by atoms with Crippen molar-refractivity contribution in [2.24, 2.45) is 5.92 Å². The van der Waals surface area contributed by atoms with Gasteiger partial charge in [0.05, 0.1) is 12.8 Å². The van der Waals surface area contributed by atoms with Crippen molar-refractivity contribution in [3.63, 3.8) is 0 Å². The highest BCUT2D eigenvalue weighted by molar-refractivity contribution is 5.35. The van der Waals surface area contributed by atoms with Crippen LogP contribution in [0.2, 0.25) is 0 Å². The van der Waals surface area contributed by atoms with Gasteiger partial charge in [-0.15, -0.1) is 0 Å². The number of aromatic nitrogens is 2. The van der Waals surface area contributed by atoms with E-state index < -0.39 is 0 Å². The summed E-state index contributed by atoms with van der Waals surface area (Å²) in [6.45, 7) is 4.68. The third-order valence-corrected chi connectivity index (χ3v) is 3.64. The SMILES string of the molecule is Cc1[nH]ncc1CNC[C@@H]1COc2ccccc2C1. The van der Waals surface area contributed by atoms with Crippen molar-refractivity contribution in [1.29, 1.82) is 0 Å². The Bertz CT molecular complexity index is 550. The van der Waals surface area contributed by atoms with E-state index in [0.29, 0.717) is 5.92 Å². The minimum absolute atomic E-state index is 0.544. The number of rotatable bonds is 4. The molecule has 0 spiro atoms. The molecule has 100 valence electrons. The fraction of sp³-hybridized carbons (Fsp3) is 0.400. The molecule has 0 radical (unpaired) electrons. The van der Waals surface area contributed by atoms with Crippen LogP contribution in [0.1, 0.15) is 16.8 Å². The van der Waals surface area contributed by atoms with Crippen LogP contribution in [0, 0.1) is 12.8 Å². The molecule has 1 atom stereocenters. The maximum Gasteiger partial charge on any atom is 0.122 e. The summed E-state index contributed by atoms with van der Waals surface area (Å²) in [6, 6.07) is 8.31. The Morgan fingerprint density at radius 2 is 2.32 bits per heavy atom. The van der Waals surface area contributed by atoms with Crippen molar-refractivity contribution < 1.29 is 4.74 Å². The molecule has 2 heterocycles. The van der Waals surface area contributed by atoms with Crippen LogP contribution >= 0.6 is 0 Å². The van der Waals surface area contributed by atoms with Gasteiger partial charge in [-0.25, -0.2) is 0 Å². The van der Waals surface area contributed by atoms with E-state index in [1.54, 1.807) is 0 Å². The maximum absolute atomic E-state index is 5.79. The normalized spacial score (nSPS) is 17.8. The number of hydrogen-bond acceptors (Lipinski definition) is 3. The van der Waals surface area contributed by atoms with Crippen LogP contribution < -0.4 is 10.1 Å². The minimum atomic E-state index is 0.544. The molecule has 4 heteroatoms. The third-order valence-electron chi connectivity index (χ3n) is 3.64. The highest BCUT2D eigenvalue weighted by Crippen LogP contribution is 2.26. The van der Waals surface area contributed by atoms with Gasteiger partial charge < -0.3 is 10.1 Å². The maximum atomic E-state index is 5.79. The summed E-state index contributed by atoms with van der Waals surface area (Å²) in [6.07, 6.45) is 2.97. The molecule has 0 saturated heterocycles. The van der Waals surface area contributed by atoms with Crippen LogP contribution in [-0.2, 0) is 13.0 Å². The zero-order valence-corrected chi connectivity index (χ0v) is 11.1. The van der Waals surface area contributed by atoms with E-state index in [0.717, 1.165) is 37.6 Å². The van der Waals surface area contributed by atoms with Crippen LogP contribution in [0.4, 0.5) is 0 Å². The quantitative estimate of drug-likeness (QED) is 0.881. The van der Waals surface area contributed by atoms with E-state index in [2.05, 4.69) is 27.6 Å². The predicted molar refractivity (Wildman–Crippen MR) is 74.2 cm³/mol. The number of nitrogens with one attached hydrogen (secondary N) is 2. The van der Waals surface area contributed by atoms with Gasteiger partial charge in [-0.05, 0) is 25.0 Å².